The van der Waals surface area contributed by atoms with Gasteiger partial charge in [0.25, 0.3) is 31.9 Å². The minimum absolute atomic E-state index is 0.131. The smallest absolute Gasteiger partial charge is 0.407 e. The lowest BCUT2D eigenvalue weighted by atomic mass is 10.1. The van der Waals surface area contributed by atoms with Crippen LogP contribution in [0.1, 0.15) is 64.1 Å². The van der Waals surface area contributed by atoms with Gasteiger partial charge in [0, 0.05) is 81.9 Å². The molecular weight excluding hydrogens is 940 g/mol. The third-order valence-electron chi connectivity index (χ3n) is 10.1. The van der Waals surface area contributed by atoms with Crippen molar-refractivity contribution in [2.75, 3.05) is 44.2 Å². The number of nitrogens with zero attached hydrogens (tertiary/aromatic N) is 3. The highest BCUT2D eigenvalue weighted by Crippen LogP contribution is 2.29. The molecule has 0 radical (unpaired) electrons. The number of benzene rings is 3. The summed E-state index contributed by atoms with van der Waals surface area (Å²) in [5.41, 5.74) is 1.50. The van der Waals surface area contributed by atoms with Gasteiger partial charge in [-0.2, -0.15) is 8.61 Å². The number of anilines is 1. The Morgan fingerprint density at radius 1 is 0.625 bits per heavy atom. The topological polar surface area (TPSA) is 175 Å². The van der Waals surface area contributed by atoms with E-state index in [0.717, 1.165) is 26.8 Å². The van der Waals surface area contributed by atoms with Crippen LogP contribution in [-0.4, -0.2) is 94.3 Å². The number of hydrogen-bond donors (Lipinski definition) is 3. The van der Waals surface area contributed by atoms with E-state index < -0.39 is 31.7 Å². The Morgan fingerprint density at radius 3 is 1.50 bits per heavy atom. The minimum atomic E-state index is -3.64. The Balaban J connectivity index is 0.000000213. The molecule has 2 aromatic heterocycles. The van der Waals surface area contributed by atoms with Crippen molar-refractivity contribution in [2.24, 2.45) is 0 Å². The average Bonchev–Trinajstić information content (AvgIpc) is 3.97. The van der Waals surface area contributed by atoms with Crippen LogP contribution < -0.4 is 20.9 Å². The molecule has 5 aromatic rings. The largest absolute Gasteiger partial charge is 0.444 e. The summed E-state index contributed by atoms with van der Waals surface area (Å²) in [4.78, 5) is 40.1. The maximum Gasteiger partial charge on any atom is 0.407 e. The third kappa shape index (κ3) is 13.5. The van der Waals surface area contributed by atoms with Gasteiger partial charge in [0.05, 0.1) is 13.1 Å². The molecule has 0 saturated carbocycles. The monoisotopic (exact) mass is 988 g/mol. The van der Waals surface area contributed by atoms with Crippen molar-refractivity contribution in [2.45, 2.75) is 66.8 Å². The number of piperazine rings is 1. The predicted octanol–water partition coefficient (Wildman–Crippen LogP) is 7.85. The number of ether oxygens (including phenoxy) is 1. The molecule has 14 nitrogen and oxygen atoms in total. The molecule has 2 saturated heterocycles. The molecular formula is C44H50Cl2N6O8S4. The van der Waals surface area contributed by atoms with Gasteiger partial charge in [0.2, 0.25) is 0 Å². The fourth-order valence-electron chi connectivity index (χ4n) is 6.72. The molecule has 0 spiro atoms. The standard InChI is InChI=1S/C22H28ClN3O5S2.C22H22ClN3O3S2/c1-22(2,3)31-21(28)25-17-10-12-26(13-11-17)33(29,30)19-9-8-18(32-19)14-24-20(27)15-4-6-16(23)7-5-15;23-18-8-6-17(7-9-18)22(27)24-16-20-10-11-21(30-20)31(28,29)26-14-12-25(13-15-26)19-4-2-1-3-5-19/h4-9,17H,10-14H2,1-3H3,(H,24,27)(H,25,28);1-11H,12-16H2,(H,24,27). The molecule has 0 aliphatic carbocycles. The van der Waals surface area contributed by atoms with Crippen molar-refractivity contribution < 1.29 is 36.0 Å². The fourth-order valence-corrected chi connectivity index (χ4v) is 12.8. The number of para-hydroxylation sites is 1. The molecule has 0 unspecified atom stereocenters. The van der Waals surface area contributed by atoms with Crippen LogP contribution in [-0.2, 0) is 37.9 Å². The van der Waals surface area contributed by atoms with Gasteiger partial charge in [0.1, 0.15) is 14.0 Å². The van der Waals surface area contributed by atoms with Gasteiger partial charge in [-0.3, -0.25) is 9.59 Å². The highest BCUT2D eigenvalue weighted by atomic mass is 35.5. The number of halogens is 2. The van der Waals surface area contributed by atoms with Gasteiger partial charge < -0.3 is 25.6 Å². The summed E-state index contributed by atoms with van der Waals surface area (Å²) in [6, 6.07) is 29.7. The first kappa shape index (κ1) is 48.9. The summed E-state index contributed by atoms with van der Waals surface area (Å²) in [5, 5.41) is 9.52. The van der Waals surface area contributed by atoms with Crippen LogP contribution in [0.5, 0.6) is 0 Å². The van der Waals surface area contributed by atoms with Crippen LogP contribution in [0.3, 0.4) is 0 Å². The van der Waals surface area contributed by atoms with Crippen LogP contribution in [0.2, 0.25) is 10.0 Å². The van der Waals surface area contributed by atoms with Crippen molar-refractivity contribution >= 4 is 89.5 Å². The third-order valence-corrected chi connectivity index (χ3v) is 17.5. The second-order valence-electron chi connectivity index (χ2n) is 15.9. The summed E-state index contributed by atoms with van der Waals surface area (Å²) >= 11 is 14.0. The van der Waals surface area contributed by atoms with Gasteiger partial charge in [-0.25, -0.2) is 21.6 Å². The zero-order valence-corrected chi connectivity index (χ0v) is 40.2. The highest BCUT2D eigenvalue weighted by Gasteiger charge is 2.32. The van der Waals surface area contributed by atoms with Crippen LogP contribution in [0, 0.1) is 0 Å². The first-order chi connectivity index (χ1) is 30.4. The molecule has 342 valence electrons. The Morgan fingerprint density at radius 2 is 1.06 bits per heavy atom. The van der Waals surface area contributed by atoms with Crippen LogP contribution in [0.4, 0.5) is 10.5 Å². The Labute approximate surface area is 392 Å². The lowest BCUT2D eigenvalue weighted by Crippen LogP contribution is -2.48. The zero-order valence-electron chi connectivity index (χ0n) is 35.5. The molecule has 3 aromatic carbocycles. The van der Waals surface area contributed by atoms with E-state index in [-0.39, 0.29) is 35.2 Å². The number of carbonyl (C=O) groups excluding carboxylic acids is 3. The quantitative estimate of drug-likeness (QED) is 0.113. The van der Waals surface area contributed by atoms with Crippen molar-refractivity contribution in [1.82, 2.24) is 24.6 Å². The van der Waals surface area contributed by atoms with Gasteiger partial charge in [0.15, 0.2) is 0 Å². The van der Waals surface area contributed by atoms with Gasteiger partial charge in [-0.1, -0.05) is 41.4 Å². The average molecular weight is 990 g/mol. The summed E-state index contributed by atoms with van der Waals surface area (Å²) in [7, 11) is -7.18. The summed E-state index contributed by atoms with van der Waals surface area (Å²) in [6.45, 7) is 8.67. The van der Waals surface area contributed by atoms with Crippen molar-refractivity contribution in [3.05, 3.63) is 134 Å². The van der Waals surface area contributed by atoms with E-state index in [0.29, 0.717) is 77.5 Å². The number of sulfonamides is 2. The minimum Gasteiger partial charge on any atom is -0.444 e. The van der Waals surface area contributed by atoms with Gasteiger partial charge >= 0.3 is 6.09 Å². The molecule has 2 aliphatic heterocycles. The number of piperidine rings is 1. The first-order valence-electron chi connectivity index (χ1n) is 20.4. The van der Waals surface area contributed by atoms with E-state index in [2.05, 4.69) is 20.9 Å². The molecule has 64 heavy (non-hydrogen) atoms. The lowest BCUT2D eigenvalue weighted by Gasteiger charge is -2.35. The number of thiophene rings is 2. The molecule has 20 heteroatoms. The predicted molar refractivity (Wildman–Crippen MR) is 252 cm³/mol. The number of carbonyl (C=O) groups is 3. The maximum atomic E-state index is 13.1. The molecule has 3 amide bonds. The van der Waals surface area contributed by atoms with E-state index in [1.54, 1.807) is 93.6 Å². The summed E-state index contributed by atoms with van der Waals surface area (Å²) in [5.74, 6) is -0.490. The normalized spacial score (nSPS) is 15.4. The molecule has 2 aliphatic rings. The summed E-state index contributed by atoms with van der Waals surface area (Å²) < 4.78 is 60.9. The number of alkyl carbamates (subject to hydrolysis) is 1. The second-order valence-corrected chi connectivity index (χ2v) is 23.4. The number of nitrogens with one attached hydrogen (secondary N) is 3. The highest BCUT2D eigenvalue weighted by molar-refractivity contribution is 7.91. The second kappa shape index (κ2) is 21.6. The van der Waals surface area contributed by atoms with Crippen LogP contribution in [0.15, 0.2) is 112 Å². The Bertz CT molecular complexity index is 2590. The molecule has 0 atom stereocenters. The van der Waals surface area contributed by atoms with Crippen LogP contribution in [0.25, 0.3) is 0 Å². The SMILES string of the molecule is CC(C)(C)OC(=O)NC1CCN(S(=O)(=O)c2ccc(CNC(=O)c3ccc(Cl)cc3)s2)CC1.O=C(NCc1ccc(S(=O)(=O)N2CCN(c3ccccc3)CC2)s1)c1ccc(Cl)cc1. The van der Waals surface area contributed by atoms with Gasteiger partial charge in [-0.05, 0) is 119 Å². The molecule has 2 fully saturated rings. The van der Waals surface area contributed by atoms with E-state index in [4.69, 9.17) is 27.9 Å². The zero-order chi connectivity index (χ0) is 46.1. The van der Waals surface area contributed by atoms with E-state index >= 15 is 0 Å². The molecule has 0 bridgehead atoms. The molecule has 4 heterocycles. The van der Waals surface area contributed by atoms with Crippen molar-refractivity contribution in [3.63, 3.8) is 0 Å². The van der Waals surface area contributed by atoms with E-state index in [1.807, 2.05) is 30.3 Å². The Hall–Kier alpha value is -4.53. The number of hydrogen-bond acceptors (Lipinski definition) is 11. The number of rotatable bonds is 12. The first-order valence-corrected chi connectivity index (χ1v) is 25.7. The molecule has 3 N–H and O–H groups in total. The van der Waals surface area contributed by atoms with E-state index in [1.165, 1.54) is 19.9 Å². The Kier molecular flexibility index (Phi) is 16.5. The molecule has 7 rings (SSSR count). The van der Waals surface area contributed by atoms with E-state index in [9.17, 15) is 31.2 Å². The maximum absolute atomic E-state index is 13.1. The lowest BCUT2D eigenvalue weighted by molar-refractivity contribution is 0.0489. The van der Waals surface area contributed by atoms with Crippen molar-refractivity contribution in [1.29, 1.82) is 0 Å². The van der Waals surface area contributed by atoms with Crippen molar-refractivity contribution in [3.8, 4) is 0 Å². The number of amides is 3. The van der Waals surface area contributed by atoms with Crippen LogP contribution >= 0.6 is 45.9 Å². The van der Waals surface area contributed by atoms with Gasteiger partial charge in [-0.15, -0.1) is 22.7 Å². The fraction of sp³-hybridized carbons (Fsp3) is 0.341. The summed E-state index contributed by atoms with van der Waals surface area (Å²) in [6.07, 6.45) is 0.522.